The molecule has 0 unspecified atom stereocenters. The number of halogens is 3. The molecule has 0 spiro atoms. The molecule has 0 aliphatic heterocycles. The molecule has 0 aliphatic carbocycles. The second-order valence-corrected chi connectivity index (χ2v) is 6.70. The number of aliphatic hydroxyl groups excluding tert-OH is 1. The van der Waals surface area contributed by atoms with Gasteiger partial charge in [-0.15, -0.1) is 0 Å². The van der Waals surface area contributed by atoms with Crippen LogP contribution in [0.4, 0.5) is 13.2 Å². The molecule has 7 heteroatoms. The second-order valence-electron chi connectivity index (χ2n) is 6.70. The first-order valence-electron chi connectivity index (χ1n) is 9.07. The lowest BCUT2D eigenvalue weighted by atomic mass is 10.1. The summed E-state index contributed by atoms with van der Waals surface area (Å²) in [6, 6.07) is 14.7. The van der Waals surface area contributed by atoms with Gasteiger partial charge in [-0.1, -0.05) is 12.1 Å². The molecule has 0 saturated carbocycles. The van der Waals surface area contributed by atoms with Crippen molar-refractivity contribution in [2.24, 2.45) is 0 Å². The second kappa shape index (κ2) is 8.53. The summed E-state index contributed by atoms with van der Waals surface area (Å²) in [6.07, 6.45) is -3.94. The Hall–Kier alpha value is -3.06. The van der Waals surface area contributed by atoms with Gasteiger partial charge in [0.05, 0.1) is 5.56 Å². The van der Waals surface area contributed by atoms with Crippen molar-refractivity contribution >= 4 is 16.7 Å². The molecule has 2 N–H and O–H groups in total. The molecular formula is C22H20F3NO3. The molecule has 4 nitrogen and oxygen atoms in total. The van der Waals surface area contributed by atoms with Gasteiger partial charge < -0.3 is 15.2 Å². The van der Waals surface area contributed by atoms with E-state index >= 15 is 0 Å². The van der Waals surface area contributed by atoms with Crippen molar-refractivity contribution in [3.63, 3.8) is 0 Å². The molecule has 3 aromatic rings. The van der Waals surface area contributed by atoms with Crippen LogP contribution in [0, 0.1) is 0 Å². The van der Waals surface area contributed by atoms with Crippen molar-refractivity contribution < 1.29 is 27.8 Å². The number of alkyl halides is 3. The van der Waals surface area contributed by atoms with Gasteiger partial charge in [-0.05, 0) is 67.3 Å². The number of hydrogen-bond donors (Lipinski definition) is 2. The smallest absolute Gasteiger partial charge is 0.416 e. The Kier molecular flexibility index (Phi) is 6.08. The molecule has 1 amide bonds. The monoisotopic (exact) mass is 403 g/mol. The maximum Gasteiger partial charge on any atom is 0.416 e. The van der Waals surface area contributed by atoms with E-state index in [0.717, 1.165) is 22.9 Å². The molecule has 29 heavy (non-hydrogen) atoms. The van der Waals surface area contributed by atoms with Crippen molar-refractivity contribution in [3.05, 3.63) is 71.8 Å². The molecular weight excluding hydrogens is 383 g/mol. The van der Waals surface area contributed by atoms with Crippen LogP contribution in [-0.2, 0) is 6.18 Å². The van der Waals surface area contributed by atoms with Gasteiger partial charge in [0, 0.05) is 23.6 Å². The Balaban J connectivity index is 1.82. The number of benzene rings is 3. The summed E-state index contributed by atoms with van der Waals surface area (Å²) in [7, 11) is 0. The fourth-order valence-electron chi connectivity index (χ4n) is 2.90. The summed E-state index contributed by atoms with van der Waals surface area (Å²) >= 11 is 0. The molecule has 0 aliphatic rings. The van der Waals surface area contributed by atoms with Crippen molar-refractivity contribution in [1.82, 2.24) is 5.32 Å². The normalized spacial score (nSPS) is 12.6. The van der Waals surface area contributed by atoms with Crippen molar-refractivity contribution in [2.45, 2.75) is 25.6 Å². The minimum Gasteiger partial charge on any atom is -0.457 e. The quantitative estimate of drug-likeness (QED) is 0.598. The zero-order chi connectivity index (χ0) is 21.0. The highest BCUT2D eigenvalue weighted by molar-refractivity contribution is 6.00. The summed E-state index contributed by atoms with van der Waals surface area (Å²) in [4.78, 5) is 12.3. The van der Waals surface area contributed by atoms with Crippen LogP contribution in [-0.4, -0.2) is 23.7 Å². The highest BCUT2D eigenvalue weighted by Crippen LogP contribution is 2.33. The lowest BCUT2D eigenvalue weighted by molar-refractivity contribution is -0.137. The number of carbonyl (C=O) groups is 1. The van der Waals surface area contributed by atoms with E-state index in [4.69, 9.17) is 9.84 Å². The Morgan fingerprint density at radius 1 is 1.10 bits per heavy atom. The lowest BCUT2D eigenvalue weighted by Crippen LogP contribution is -2.33. The molecule has 1 atom stereocenters. The van der Waals surface area contributed by atoms with Gasteiger partial charge in [-0.3, -0.25) is 4.79 Å². The van der Waals surface area contributed by atoms with Crippen molar-refractivity contribution in [2.75, 3.05) is 6.61 Å². The van der Waals surface area contributed by atoms with Crippen LogP contribution in [0.5, 0.6) is 11.5 Å². The first kappa shape index (κ1) is 20.7. The van der Waals surface area contributed by atoms with E-state index in [1.165, 1.54) is 12.1 Å². The van der Waals surface area contributed by atoms with E-state index in [1.54, 1.807) is 30.3 Å². The number of rotatable bonds is 6. The zero-order valence-electron chi connectivity index (χ0n) is 15.7. The van der Waals surface area contributed by atoms with Gasteiger partial charge in [0.2, 0.25) is 0 Å². The van der Waals surface area contributed by atoms with E-state index in [1.807, 2.05) is 13.0 Å². The van der Waals surface area contributed by atoms with Gasteiger partial charge >= 0.3 is 6.18 Å². The molecule has 3 aromatic carbocycles. The first-order chi connectivity index (χ1) is 13.8. The first-order valence-corrected chi connectivity index (χ1v) is 9.07. The Bertz CT molecular complexity index is 1000. The highest BCUT2D eigenvalue weighted by Gasteiger charge is 2.30. The van der Waals surface area contributed by atoms with Gasteiger partial charge in [-0.25, -0.2) is 0 Å². The van der Waals surface area contributed by atoms with E-state index in [2.05, 4.69) is 5.32 Å². The summed E-state index contributed by atoms with van der Waals surface area (Å²) < 4.78 is 43.8. The largest absolute Gasteiger partial charge is 0.457 e. The summed E-state index contributed by atoms with van der Waals surface area (Å²) in [5, 5.41) is 13.2. The van der Waals surface area contributed by atoms with Gasteiger partial charge in [-0.2, -0.15) is 13.2 Å². The Labute approximate surface area is 165 Å². The zero-order valence-corrected chi connectivity index (χ0v) is 15.7. The number of aliphatic hydroxyl groups is 1. The number of ether oxygens (including phenoxy) is 1. The van der Waals surface area contributed by atoms with E-state index in [0.29, 0.717) is 17.7 Å². The summed E-state index contributed by atoms with van der Waals surface area (Å²) in [5.41, 5.74) is -0.275. The number of nitrogens with one attached hydrogen (secondary N) is 1. The minimum atomic E-state index is -4.40. The molecule has 0 saturated heterocycles. The van der Waals surface area contributed by atoms with Crippen LogP contribution in [0.25, 0.3) is 10.8 Å². The average molecular weight is 403 g/mol. The van der Waals surface area contributed by atoms with Crippen LogP contribution in [0.1, 0.15) is 29.3 Å². The maximum atomic E-state index is 12.7. The van der Waals surface area contributed by atoms with Crippen LogP contribution in [0.2, 0.25) is 0 Å². The maximum absolute atomic E-state index is 12.7. The highest BCUT2D eigenvalue weighted by atomic mass is 19.4. The fourth-order valence-corrected chi connectivity index (χ4v) is 2.90. The molecule has 152 valence electrons. The number of amides is 1. The van der Waals surface area contributed by atoms with E-state index in [9.17, 15) is 18.0 Å². The third-order valence-corrected chi connectivity index (χ3v) is 4.45. The number of hydrogen-bond acceptors (Lipinski definition) is 3. The van der Waals surface area contributed by atoms with Crippen molar-refractivity contribution in [3.8, 4) is 11.5 Å². The summed E-state index contributed by atoms with van der Waals surface area (Å²) in [5.74, 6) is 0.509. The van der Waals surface area contributed by atoms with Crippen molar-refractivity contribution in [1.29, 1.82) is 0 Å². The number of carbonyl (C=O) groups excluding carboxylic acids is 1. The topological polar surface area (TPSA) is 58.6 Å². The third-order valence-electron chi connectivity index (χ3n) is 4.45. The molecule has 0 radical (unpaired) electrons. The standard InChI is InChI=1S/C22H20F3NO3/c1-14(11-12-27)26-21(28)16-5-10-19-15(13-16)3-2-4-20(19)29-18-8-6-17(7-9-18)22(23,24)25/h2-10,13-14,27H,11-12H2,1H3,(H,26,28)/t14-/m1/s1. The van der Waals surface area contributed by atoms with Crippen LogP contribution < -0.4 is 10.1 Å². The lowest BCUT2D eigenvalue weighted by Gasteiger charge is -2.14. The predicted octanol–water partition coefficient (Wildman–Crippen LogP) is 5.15. The van der Waals surface area contributed by atoms with Crippen LogP contribution in [0.15, 0.2) is 60.7 Å². The Morgan fingerprint density at radius 3 is 2.48 bits per heavy atom. The molecule has 0 fully saturated rings. The number of fused-ring (bicyclic) bond motifs is 1. The minimum absolute atomic E-state index is 0.0101. The summed E-state index contributed by atoms with van der Waals surface area (Å²) in [6.45, 7) is 1.80. The van der Waals surface area contributed by atoms with E-state index < -0.39 is 11.7 Å². The molecule has 0 bridgehead atoms. The van der Waals surface area contributed by atoms with Crippen LogP contribution >= 0.6 is 0 Å². The Morgan fingerprint density at radius 2 is 1.83 bits per heavy atom. The van der Waals surface area contributed by atoms with Crippen LogP contribution in [0.3, 0.4) is 0 Å². The average Bonchev–Trinajstić information content (AvgIpc) is 2.67. The predicted molar refractivity (Wildman–Crippen MR) is 104 cm³/mol. The van der Waals surface area contributed by atoms with Gasteiger partial charge in [0.1, 0.15) is 11.5 Å². The van der Waals surface area contributed by atoms with Gasteiger partial charge in [0.25, 0.3) is 5.91 Å². The third kappa shape index (κ3) is 5.06. The molecule has 3 rings (SSSR count). The molecule has 0 heterocycles. The SMILES string of the molecule is C[C@H](CCO)NC(=O)c1ccc2c(Oc3ccc(C(F)(F)F)cc3)cccc2c1. The fraction of sp³-hybridized carbons (Fsp3) is 0.227. The molecule has 0 aromatic heterocycles. The van der Waals surface area contributed by atoms with Gasteiger partial charge in [0.15, 0.2) is 0 Å². The van der Waals surface area contributed by atoms with E-state index in [-0.39, 0.29) is 24.3 Å².